The van der Waals surface area contributed by atoms with Crippen molar-refractivity contribution in [3.63, 3.8) is 0 Å². The van der Waals surface area contributed by atoms with Crippen LogP contribution in [-0.2, 0) is 0 Å². The molecule has 0 radical (unpaired) electrons. The van der Waals surface area contributed by atoms with Gasteiger partial charge in [-0.2, -0.15) is 0 Å². The third-order valence-corrected chi connectivity index (χ3v) is 3.09. The lowest BCUT2D eigenvalue weighted by atomic mass is 10.1. The summed E-state index contributed by atoms with van der Waals surface area (Å²) < 4.78 is 1.22. The van der Waals surface area contributed by atoms with E-state index in [1.165, 1.54) is 4.70 Å². The summed E-state index contributed by atoms with van der Waals surface area (Å²) in [6.45, 7) is 0. The highest BCUT2D eigenvalue weighted by Crippen LogP contribution is 2.32. The Bertz CT molecular complexity index is 473. The van der Waals surface area contributed by atoms with Crippen molar-refractivity contribution in [1.29, 1.82) is 0 Å². The van der Waals surface area contributed by atoms with Crippen LogP contribution in [0.5, 0.6) is 0 Å². The zero-order valence-corrected chi connectivity index (χ0v) is 8.97. The fourth-order valence-electron chi connectivity index (χ4n) is 1.64. The van der Waals surface area contributed by atoms with Gasteiger partial charge in [-0.05, 0) is 23.6 Å². The van der Waals surface area contributed by atoms with Crippen molar-refractivity contribution in [2.45, 2.75) is 0 Å². The standard InChI is InChI=1S/C11H11NOS/c1-12(2)11-8(7-13)3-4-10-9(11)5-6-14-10/h3-7H,1-2H3. The molecule has 0 aliphatic carbocycles. The lowest BCUT2D eigenvalue weighted by Crippen LogP contribution is -2.11. The minimum atomic E-state index is 0.751. The van der Waals surface area contributed by atoms with Crippen molar-refractivity contribution in [3.05, 3.63) is 29.1 Å². The molecule has 3 heteroatoms. The molecule has 0 atom stereocenters. The second-order valence-corrected chi connectivity index (χ2v) is 4.30. The van der Waals surface area contributed by atoms with E-state index in [4.69, 9.17) is 0 Å². The van der Waals surface area contributed by atoms with Gasteiger partial charge in [0.25, 0.3) is 0 Å². The van der Waals surface area contributed by atoms with E-state index in [1.807, 2.05) is 36.5 Å². The first-order valence-corrected chi connectivity index (χ1v) is 5.24. The molecule has 0 aliphatic rings. The quantitative estimate of drug-likeness (QED) is 0.703. The van der Waals surface area contributed by atoms with Crippen LogP contribution in [0.15, 0.2) is 23.6 Å². The molecule has 0 fully saturated rings. The van der Waals surface area contributed by atoms with Crippen molar-refractivity contribution in [1.82, 2.24) is 0 Å². The molecule has 0 spiro atoms. The van der Waals surface area contributed by atoms with Gasteiger partial charge >= 0.3 is 0 Å². The molecule has 2 aromatic rings. The first-order valence-electron chi connectivity index (χ1n) is 4.36. The number of carbonyl (C=O) groups excluding carboxylic acids is 1. The second kappa shape index (κ2) is 3.42. The van der Waals surface area contributed by atoms with Gasteiger partial charge in [0.15, 0.2) is 6.29 Å². The lowest BCUT2D eigenvalue weighted by Gasteiger charge is -2.15. The Morgan fingerprint density at radius 1 is 1.29 bits per heavy atom. The van der Waals surface area contributed by atoms with E-state index in [-0.39, 0.29) is 0 Å². The SMILES string of the molecule is CN(C)c1c(C=O)ccc2sccc12. The zero-order chi connectivity index (χ0) is 10.1. The Balaban J connectivity index is 2.81. The van der Waals surface area contributed by atoms with Crippen LogP contribution >= 0.6 is 11.3 Å². The molecule has 0 bridgehead atoms. The fraction of sp³-hybridized carbons (Fsp3) is 0.182. The number of rotatable bonds is 2. The molecule has 2 nitrogen and oxygen atoms in total. The minimum Gasteiger partial charge on any atom is -0.377 e. The van der Waals surface area contributed by atoms with Crippen LogP contribution in [0.2, 0.25) is 0 Å². The topological polar surface area (TPSA) is 20.3 Å². The summed E-state index contributed by atoms with van der Waals surface area (Å²) >= 11 is 1.70. The molecule has 0 aliphatic heterocycles. The number of fused-ring (bicyclic) bond motifs is 1. The number of nitrogens with zero attached hydrogens (tertiary/aromatic N) is 1. The largest absolute Gasteiger partial charge is 0.377 e. The molecule has 0 saturated carbocycles. The maximum Gasteiger partial charge on any atom is 0.152 e. The normalized spacial score (nSPS) is 10.4. The highest BCUT2D eigenvalue weighted by Gasteiger charge is 2.09. The van der Waals surface area contributed by atoms with Gasteiger partial charge in [0.2, 0.25) is 0 Å². The summed E-state index contributed by atoms with van der Waals surface area (Å²) in [5.41, 5.74) is 1.76. The van der Waals surface area contributed by atoms with Crippen LogP contribution in [0, 0.1) is 0 Å². The van der Waals surface area contributed by atoms with Gasteiger partial charge < -0.3 is 4.90 Å². The summed E-state index contributed by atoms with van der Waals surface area (Å²) in [4.78, 5) is 12.9. The highest BCUT2D eigenvalue weighted by atomic mass is 32.1. The van der Waals surface area contributed by atoms with Crippen molar-refractivity contribution in [3.8, 4) is 0 Å². The summed E-state index contributed by atoms with van der Waals surface area (Å²) in [5.74, 6) is 0. The van der Waals surface area contributed by atoms with E-state index in [0.29, 0.717) is 0 Å². The van der Waals surface area contributed by atoms with E-state index in [9.17, 15) is 4.79 Å². The third-order valence-electron chi connectivity index (χ3n) is 2.21. The smallest absolute Gasteiger partial charge is 0.152 e. The molecule has 0 saturated heterocycles. The number of carbonyl (C=O) groups is 1. The van der Waals surface area contributed by atoms with Crippen molar-refractivity contribution in [2.24, 2.45) is 0 Å². The molecule has 72 valence electrons. The Kier molecular flexibility index (Phi) is 2.25. The van der Waals surface area contributed by atoms with Crippen LogP contribution in [0.25, 0.3) is 10.1 Å². The van der Waals surface area contributed by atoms with Crippen LogP contribution < -0.4 is 4.90 Å². The maximum absolute atomic E-state index is 10.9. The van der Waals surface area contributed by atoms with E-state index >= 15 is 0 Å². The van der Waals surface area contributed by atoms with E-state index in [2.05, 4.69) is 6.07 Å². The van der Waals surface area contributed by atoms with Gasteiger partial charge in [0, 0.05) is 29.7 Å². The number of hydrogen-bond donors (Lipinski definition) is 0. The second-order valence-electron chi connectivity index (χ2n) is 3.35. The van der Waals surface area contributed by atoms with E-state index in [1.54, 1.807) is 11.3 Å². The van der Waals surface area contributed by atoms with Crippen molar-refractivity contribution in [2.75, 3.05) is 19.0 Å². The highest BCUT2D eigenvalue weighted by molar-refractivity contribution is 7.17. The molecule has 14 heavy (non-hydrogen) atoms. The Morgan fingerprint density at radius 3 is 2.71 bits per heavy atom. The van der Waals surface area contributed by atoms with Gasteiger partial charge in [-0.15, -0.1) is 11.3 Å². The molecule has 1 aromatic carbocycles. The average Bonchev–Trinajstić information content (AvgIpc) is 2.62. The van der Waals surface area contributed by atoms with Crippen LogP contribution in [-0.4, -0.2) is 20.4 Å². The van der Waals surface area contributed by atoms with Crippen molar-refractivity contribution >= 4 is 33.4 Å². The molecule has 0 N–H and O–H groups in total. The number of anilines is 1. The molecule has 0 unspecified atom stereocenters. The van der Waals surface area contributed by atoms with Gasteiger partial charge in [-0.1, -0.05) is 0 Å². The average molecular weight is 205 g/mol. The molecular formula is C11H11NOS. The molecule has 1 heterocycles. The predicted octanol–water partition coefficient (Wildman–Crippen LogP) is 2.78. The Hall–Kier alpha value is -1.35. The van der Waals surface area contributed by atoms with Gasteiger partial charge in [-0.3, -0.25) is 4.79 Å². The monoisotopic (exact) mass is 205 g/mol. The van der Waals surface area contributed by atoms with E-state index < -0.39 is 0 Å². The lowest BCUT2D eigenvalue weighted by molar-refractivity contribution is 0.112. The predicted molar refractivity (Wildman–Crippen MR) is 61.5 cm³/mol. The number of benzene rings is 1. The number of aldehydes is 1. The first kappa shape index (κ1) is 9.21. The molecule has 1 aromatic heterocycles. The van der Waals surface area contributed by atoms with Crippen LogP contribution in [0.1, 0.15) is 10.4 Å². The number of thiophene rings is 1. The minimum absolute atomic E-state index is 0.751. The third kappa shape index (κ3) is 1.30. The summed E-state index contributed by atoms with van der Waals surface area (Å²) in [5, 5.41) is 3.20. The Labute approximate surface area is 86.8 Å². The summed E-state index contributed by atoms with van der Waals surface area (Å²) in [6.07, 6.45) is 0.909. The van der Waals surface area contributed by atoms with Crippen LogP contribution in [0.3, 0.4) is 0 Å². The van der Waals surface area contributed by atoms with Gasteiger partial charge in [0.1, 0.15) is 0 Å². The molecule has 2 rings (SSSR count). The zero-order valence-electron chi connectivity index (χ0n) is 8.15. The Morgan fingerprint density at radius 2 is 2.07 bits per heavy atom. The molecule has 0 amide bonds. The first-order chi connectivity index (χ1) is 6.74. The maximum atomic E-state index is 10.9. The molecular weight excluding hydrogens is 194 g/mol. The summed E-state index contributed by atoms with van der Waals surface area (Å²) in [6, 6.07) is 5.93. The fourth-order valence-corrected chi connectivity index (χ4v) is 2.43. The van der Waals surface area contributed by atoms with Crippen molar-refractivity contribution < 1.29 is 4.79 Å². The van der Waals surface area contributed by atoms with Gasteiger partial charge in [0.05, 0.1) is 5.69 Å². The number of hydrogen-bond acceptors (Lipinski definition) is 3. The van der Waals surface area contributed by atoms with Crippen LogP contribution in [0.4, 0.5) is 5.69 Å². The van der Waals surface area contributed by atoms with E-state index in [0.717, 1.165) is 22.9 Å². The van der Waals surface area contributed by atoms with Gasteiger partial charge in [-0.25, -0.2) is 0 Å². The summed E-state index contributed by atoms with van der Waals surface area (Å²) in [7, 11) is 3.92.